The number of hydrogen-bond donors (Lipinski definition) is 1. The highest BCUT2D eigenvalue weighted by Crippen LogP contribution is 2.22. The molecule has 2 heteroatoms. The zero-order chi connectivity index (χ0) is 11.3. The molecule has 0 radical (unpaired) electrons. The van der Waals surface area contributed by atoms with Crippen LogP contribution in [0.5, 0.6) is 0 Å². The van der Waals surface area contributed by atoms with Gasteiger partial charge in [0.05, 0.1) is 0 Å². The molecule has 1 nitrogen and oxygen atoms in total. The first-order chi connectivity index (χ1) is 7.13. The summed E-state index contributed by atoms with van der Waals surface area (Å²) in [5.41, 5.74) is 8.38. The summed E-state index contributed by atoms with van der Waals surface area (Å²) < 4.78 is 0. The maximum atomic E-state index is 6.05. The smallest absolute Gasteiger partial charge is 0.0332 e. The van der Waals surface area contributed by atoms with Crippen LogP contribution in [0, 0.1) is 0 Å². The van der Waals surface area contributed by atoms with Crippen LogP contribution >= 0.6 is 11.8 Å². The maximum Gasteiger partial charge on any atom is 0.0332 e. The summed E-state index contributed by atoms with van der Waals surface area (Å²) in [6.07, 6.45) is 0.861. The van der Waals surface area contributed by atoms with E-state index >= 15 is 0 Å². The monoisotopic (exact) mass is 221 g/mol. The second-order valence-corrected chi connectivity index (χ2v) is 5.11. The average molecular weight is 221 g/mol. The van der Waals surface area contributed by atoms with Crippen molar-refractivity contribution in [2.24, 2.45) is 5.73 Å². The van der Waals surface area contributed by atoms with Crippen molar-refractivity contribution in [1.29, 1.82) is 0 Å². The topological polar surface area (TPSA) is 26.0 Å². The summed E-state index contributed by atoms with van der Waals surface area (Å²) in [6.45, 7) is 8.06. The van der Waals surface area contributed by atoms with Crippen LogP contribution in [0.15, 0.2) is 41.3 Å². The highest BCUT2D eigenvalue weighted by atomic mass is 32.2. The van der Waals surface area contributed by atoms with Gasteiger partial charge in [-0.05, 0) is 36.8 Å². The van der Waals surface area contributed by atoms with Crippen molar-refractivity contribution in [1.82, 2.24) is 0 Å². The summed E-state index contributed by atoms with van der Waals surface area (Å²) >= 11 is 1.85. The van der Waals surface area contributed by atoms with E-state index < -0.39 is 0 Å². The largest absolute Gasteiger partial charge is 0.324 e. The first-order valence-electron chi connectivity index (χ1n) is 5.26. The van der Waals surface area contributed by atoms with E-state index in [1.807, 2.05) is 18.7 Å². The summed E-state index contributed by atoms with van der Waals surface area (Å²) in [6, 6.07) is 8.60. The van der Waals surface area contributed by atoms with Crippen molar-refractivity contribution in [2.45, 2.75) is 31.2 Å². The Morgan fingerprint density at radius 1 is 1.40 bits per heavy atom. The Kier molecular flexibility index (Phi) is 4.92. The molecule has 0 aliphatic rings. The number of hydrogen-bond acceptors (Lipinski definition) is 2. The number of thioether (sulfide) groups is 1. The van der Waals surface area contributed by atoms with Gasteiger partial charge in [-0.25, -0.2) is 0 Å². The van der Waals surface area contributed by atoms with Gasteiger partial charge in [0, 0.05) is 10.9 Å². The summed E-state index contributed by atoms with van der Waals surface area (Å²) in [7, 11) is 0. The van der Waals surface area contributed by atoms with Crippen LogP contribution in [0.3, 0.4) is 0 Å². The van der Waals surface area contributed by atoms with Gasteiger partial charge in [-0.1, -0.05) is 24.6 Å². The molecular weight excluding hydrogens is 202 g/mol. The van der Waals surface area contributed by atoms with Gasteiger partial charge >= 0.3 is 0 Å². The quantitative estimate of drug-likeness (QED) is 0.605. The normalized spacial score (nSPS) is 12.5. The van der Waals surface area contributed by atoms with E-state index in [0.717, 1.165) is 17.7 Å². The molecule has 0 unspecified atom stereocenters. The molecule has 0 aliphatic heterocycles. The van der Waals surface area contributed by atoms with Gasteiger partial charge < -0.3 is 5.73 Å². The van der Waals surface area contributed by atoms with Crippen LogP contribution in [0.25, 0.3) is 0 Å². The average Bonchev–Trinajstić information content (AvgIpc) is 2.18. The number of benzene rings is 1. The molecule has 0 amide bonds. The SMILES string of the molecule is C=C(C)C[C@@H](N)c1ccc(SCC)cc1. The van der Waals surface area contributed by atoms with Gasteiger partial charge in [0.25, 0.3) is 0 Å². The van der Waals surface area contributed by atoms with Crippen LogP contribution in [0.2, 0.25) is 0 Å². The third-order valence-corrected chi connectivity index (χ3v) is 3.08. The lowest BCUT2D eigenvalue weighted by atomic mass is 10.0. The van der Waals surface area contributed by atoms with Crippen molar-refractivity contribution >= 4 is 11.8 Å². The lowest BCUT2D eigenvalue weighted by Crippen LogP contribution is -2.10. The Labute approximate surface area is 96.8 Å². The minimum atomic E-state index is 0.0863. The van der Waals surface area contributed by atoms with Crippen molar-refractivity contribution in [3.8, 4) is 0 Å². The van der Waals surface area contributed by atoms with Gasteiger partial charge in [-0.3, -0.25) is 0 Å². The van der Waals surface area contributed by atoms with E-state index in [9.17, 15) is 0 Å². The van der Waals surface area contributed by atoms with Crippen LogP contribution < -0.4 is 5.73 Å². The van der Waals surface area contributed by atoms with Crippen molar-refractivity contribution in [3.63, 3.8) is 0 Å². The molecule has 0 aliphatic carbocycles. The molecule has 0 saturated heterocycles. The molecule has 15 heavy (non-hydrogen) atoms. The van der Waals surface area contributed by atoms with E-state index in [4.69, 9.17) is 5.73 Å². The molecule has 0 fully saturated rings. The highest BCUT2D eigenvalue weighted by molar-refractivity contribution is 7.99. The highest BCUT2D eigenvalue weighted by Gasteiger charge is 2.05. The van der Waals surface area contributed by atoms with E-state index in [0.29, 0.717) is 0 Å². The first-order valence-corrected chi connectivity index (χ1v) is 6.24. The minimum Gasteiger partial charge on any atom is -0.324 e. The Balaban J connectivity index is 2.66. The van der Waals surface area contributed by atoms with Crippen molar-refractivity contribution < 1.29 is 0 Å². The Morgan fingerprint density at radius 2 is 2.00 bits per heavy atom. The number of rotatable bonds is 5. The van der Waals surface area contributed by atoms with Crippen molar-refractivity contribution in [3.05, 3.63) is 42.0 Å². The fourth-order valence-corrected chi connectivity index (χ4v) is 2.13. The van der Waals surface area contributed by atoms with Gasteiger partial charge in [0.2, 0.25) is 0 Å². The fraction of sp³-hybridized carbons (Fsp3) is 0.385. The number of nitrogens with two attached hydrogens (primary N) is 1. The Hall–Kier alpha value is -0.730. The third-order valence-electron chi connectivity index (χ3n) is 2.19. The standard InChI is InChI=1S/C13H19NS/c1-4-15-12-7-5-11(6-8-12)13(14)9-10(2)3/h5-8,13H,2,4,9,14H2,1,3H3/t13-/m1/s1. The second-order valence-electron chi connectivity index (χ2n) is 3.77. The molecule has 0 bridgehead atoms. The molecule has 0 heterocycles. The van der Waals surface area contributed by atoms with Crippen LogP contribution in [-0.4, -0.2) is 5.75 Å². The molecule has 2 N–H and O–H groups in total. The third kappa shape index (κ3) is 4.10. The molecule has 1 aromatic rings. The van der Waals surface area contributed by atoms with Crippen molar-refractivity contribution in [2.75, 3.05) is 5.75 Å². The van der Waals surface area contributed by atoms with E-state index in [-0.39, 0.29) is 6.04 Å². The fourth-order valence-electron chi connectivity index (χ4n) is 1.47. The molecule has 0 spiro atoms. The summed E-state index contributed by atoms with van der Waals surface area (Å²) in [4.78, 5) is 1.31. The zero-order valence-corrected chi connectivity index (χ0v) is 10.3. The molecular formula is C13H19NS. The van der Waals surface area contributed by atoms with E-state index in [2.05, 4.69) is 37.8 Å². The Bertz CT molecular complexity index is 316. The molecule has 0 aromatic heterocycles. The lowest BCUT2D eigenvalue weighted by Gasteiger charge is -2.12. The van der Waals surface area contributed by atoms with Gasteiger partial charge in [0.15, 0.2) is 0 Å². The van der Waals surface area contributed by atoms with Crippen LogP contribution in [-0.2, 0) is 0 Å². The van der Waals surface area contributed by atoms with E-state index in [1.165, 1.54) is 10.5 Å². The molecule has 1 rings (SSSR count). The molecule has 1 aromatic carbocycles. The zero-order valence-electron chi connectivity index (χ0n) is 9.49. The summed E-state index contributed by atoms with van der Waals surface area (Å²) in [5, 5.41) is 0. The predicted octanol–water partition coefficient (Wildman–Crippen LogP) is 3.76. The molecule has 1 atom stereocenters. The lowest BCUT2D eigenvalue weighted by molar-refractivity contribution is 0.716. The maximum absolute atomic E-state index is 6.05. The van der Waals surface area contributed by atoms with Crippen LogP contribution in [0.1, 0.15) is 31.9 Å². The van der Waals surface area contributed by atoms with Gasteiger partial charge in [-0.15, -0.1) is 18.3 Å². The van der Waals surface area contributed by atoms with Gasteiger partial charge in [0.1, 0.15) is 0 Å². The minimum absolute atomic E-state index is 0.0863. The first kappa shape index (κ1) is 12.3. The van der Waals surface area contributed by atoms with E-state index in [1.54, 1.807) is 0 Å². The summed E-state index contributed by atoms with van der Waals surface area (Å²) in [5.74, 6) is 1.11. The molecule has 0 saturated carbocycles. The second kappa shape index (κ2) is 5.99. The Morgan fingerprint density at radius 3 is 2.47 bits per heavy atom. The van der Waals surface area contributed by atoms with Gasteiger partial charge in [-0.2, -0.15) is 0 Å². The molecule has 82 valence electrons. The predicted molar refractivity (Wildman–Crippen MR) is 69.2 cm³/mol. The van der Waals surface area contributed by atoms with Crippen LogP contribution in [0.4, 0.5) is 0 Å².